The lowest BCUT2D eigenvalue weighted by molar-refractivity contribution is 0.318. The smallest absolute Gasteiger partial charge is 0.189 e. The van der Waals surface area contributed by atoms with Gasteiger partial charge in [0, 0.05) is 25.5 Å². The topological polar surface area (TPSA) is 96.4 Å². The summed E-state index contributed by atoms with van der Waals surface area (Å²) in [6.45, 7) is 3.34. The van der Waals surface area contributed by atoms with Gasteiger partial charge in [-0.25, -0.2) is 0 Å². The average molecular weight is 285 g/mol. The standard InChI is InChI=1S/C15H19N5O/c1-2-11-5-3-7-18-13(11)10-17-9-12-6-4-8-19-14(12)15(16)20-21/h3-8,17,21H,2,9-10H2,1H3,(H2,16,20). The fraction of sp³-hybridized carbons (Fsp3) is 0.267. The zero-order valence-electron chi connectivity index (χ0n) is 12.0. The Bertz CT molecular complexity index is 627. The van der Waals surface area contributed by atoms with E-state index in [0.717, 1.165) is 17.7 Å². The minimum atomic E-state index is 0.0134. The first-order chi connectivity index (χ1) is 10.3. The Labute approximate surface area is 123 Å². The van der Waals surface area contributed by atoms with Crippen molar-refractivity contribution in [1.29, 1.82) is 0 Å². The largest absolute Gasteiger partial charge is 0.409 e. The Balaban J connectivity index is 2.04. The van der Waals surface area contributed by atoms with E-state index in [1.54, 1.807) is 12.4 Å². The Hall–Kier alpha value is -2.47. The highest BCUT2D eigenvalue weighted by molar-refractivity contribution is 5.96. The van der Waals surface area contributed by atoms with E-state index in [-0.39, 0.29) is 5.84 Å². The number of hydrogen-bond acceptors (Lipinski definition) is 5. The first kappa shape index (κ1) is 14.9. The molecule has 6 nitrogen and oxygen atoms in total. The molecule has 0 atom stereocenters. The molecule has 6 heteroatoms. The van der Waals surface area contributed by atoms with Gasteiger partial charge in [0.25, 0.3) is 0 Å². The van der Waals surface area contributed by atoms with E-state index in [1.807, 2.05) is 18.2 Å². The van der Waals surface area contributed by atoms with Gasteiger partial charge < -0.3 is 16.3 Å². The van der Waals surface area contributed by atoms with Crippen molar-refractivity contribution >= 4 is 5.84 Å². The van der Waals surface area contributed by atoms with Gasteiger partial charge >= 0.3 is 0 Å². The van der Waals surface area contributed by atoms with Crippen LogP contribution in [0.5, 0.6) is 0 Å². The molecule has 2 rings (SSSR count). The maximum atomic E-state index is 8.78. The van der Waals surface area contributed by atoms with Crippen molar-refractivity contribution in [2.24, 2.45) is 10.9 Å². The summed E-state index contributed by atoms with van der Waals surface area (Å²) in [6.07, 6.45) is 4.36. The van der Waals surface area contributed by atoms with E-state index in [9.17, 15) is 0 Å². The lowest BCUT2D eigenvalue weighted by Crippen LogP contribution is -2.21. The minimum absolute atomic E-state index is 0.0134. The molecule has 0 amide bonds. The molecule has 0 spiro atoms. The predicted octanol–water partition coefficient (Wildman–Crippen LogP) is 1.42. The van der Waals surface area contributed by atoms with Gasteiger partial charge in [-0.2, -0.15) is 0 Å². The summed E-state index contributed by atoms with van der Waals surface area (Å²) in [5.41, 5.74) is 9.25. The summed E-state index contributed by atoms with van der Waals surface area (Å²) in [5, 5.41) is 15.1. The molecular weight excluding hydrogens is 266 g/mol. The molecule has 4 N–H and O–H groups in total. The van der Waals surface area contributed by atoms with E-state index in [1.165, 1.54) is 5.56 Å². The molecule has 21 heavy (non-hydrogen) atoms. The fourth-order valence-corrected chi connectivity index (χ4v) is 2.13. The van der Waals surface area contributed by atoms with Crippen LogP contribution in [0, 0.1) is 0 Å². The number of nitrogens with two attached hydrogens (primary N) is 1. The Morgan fingerprint density at radius 1 is 1.19 bits per heavy atom. The van der Waals surface area contributed by atoms with Crippen LogP contribution in [0.2, 0.25) is 0 Å². The maximum absolute atomic E-state index is 8.78. The average Bonchev–Trinajstić information content (AvgIpc) is 2.55. The second-order valence-electron chi connectivity index (χ2n) is 4.56. The second-order valence-corrected chi connectivity index (χ2v) is 4.56. The second kappa shape index (κ2) is 7.35. The normalized spacial score (nSPS) is 11.6. The first-order valence-corrected chi connectivity index (χ1v) is 6.81. The van der Waals surface area contributed by atoms with Crippen LogP contribution in [0.3, 0.4) is 0 Å². The summed E-state index contributed by atoms with van der Waals surface area (Å²) in [6, 6.07) is 7.74. The monoisotopic (exact) mass is 285 g/mol. The highest BCUT2D eigenvalue weighted by Crippen LogP contribution is 2.08. The van der Waals surface area contributed by atoms with E-state index in [4.69, 9.17) is 10.9 Å². The van der Waals surface area contributed by atoms with E-state index < -0.39 is 0 Å². The molecule has 0 bridgehead atoms. The first-order valence-electron chi connectivity index (χ1n) is 6.81. The molecule has 2 aromatic rings. The van der Waals surface area contributed by atoms with Gasteiger partial charge in [0.1, 0.15) is 5.69 Å². The summed E-state index contributed by atoms with van der Waals surface area (Å²) in [7, 11) is 0. The molecule has 0 fully saturated rings. The van der Waals surface area contributed by atoms with Gasteiger partial charge in [-0.1, -0.05) is 24.2 Å². The number of rotatable bonds is 6. The molecule has 0 aromatic carbocycles. The highest BCUT2D eigenvalue weighted by Gasteiger charge is 2.08. The molecule has 0 saturated heterocycles. The van der Waals surface area contributed by atoms with Crippen molar-refractivity contribution in [3.63, 3.8) is 0 Å². The fourth-order valence-electron chi connectivity index (χ4n) is 2.13. The minimum Gasteiger partial charge on any atom is -0.409 e. The van der Waals surface area contributed by atoms with Crippen LogP contribution in [0.25, 0.3) is 0 Å². The quantitative estimate of drug-likeness (QED) is 0.323. The SMILES string of the molecule is CCc1cccnc1CNCc1cccnc1/C(N)=N/O. The zero-order chi connectivity index (χ0) is 15.1. The Kier molecular flexibility index (Phi) is 5.22. The number of oxime groups is 1. The van der Waals surface area contributed by atoms with Crippen LogP contribution in [0.1, 0.15) is 29.4 Å². The molecule has 2 aromatic heterocycles. The van der Waals surface area contributed by atoms with Gasteiger partial charge in [0.15, 0.2) is 5.84 Å². The summed E-state index contributed by atoms with van der Waals surface area (Å²) >= 11 is 0. The molecule has 0 aliphatic heterocycles. The van der Waals surface area contributed by atoms with Crippen molar-refractivity contribution in [1.82, 2.24) is 15.3 Å². The number of amidine groups is 1. The number of aryl methyl sites for hydroxylation is 1. The molecule has 0 saturated carbocycles. The van der Waals surface area contributed by atoms with Crippen LogP contribution < -0.4 is 11.1 Å². The van der Waals surface area contributed by atoms with Gasteiger partial charge in [0.2, 0.25) is 0 Å². The van der Waals surface area contributed by atoms with Gasteiger partial charge in [-0.05, 0) is 29.7 Å². The zero-order valence-corrected chi connectivity index (χ0v) is 12.0. The molecule has 0 aliphatic rings. The lowest BCUT2D eigenvalue weighted by Gasteiger charge is -2.10. The van der Waals surface area contributed by atoms with Crippen molar-refractivity contribution in [2.45, 2.75) is 26.4 Å². The van der Waals surface area contributed by atoms with Crippen molar-refractivity contribution in [3.8, 4) is 0 Å². The molecule has 0 unspecified atom stereocenters. The van der Waals surface area contributed by atoms with Crippen LogP contribution in [-0.2, 0) is 19.5 Å². The van der Waals surface area contributed by atoms with Gasteiger partial charge in [-0.15, -0.1) is 0 Å². The third kappa shape index (κ3) is 3.76. The number of pyridine rings is 2. The molecule has 0 radical (unpaired) electrons. The van der Waals surface area contributed by atoms with Gasteiger partial charge in [0.05, 0.1) is 5.69 Å². The number of nitrogens with zero attached hydrogens (tertiary/aromatic N) is 3. The number of hydrogen-bond donors (Lipinski definition) is 3. The summed E-state index contributed by atoms with van der Waals surface area (Å²) in [4.78, 5) is 8.53. The van der Waals surface area contributed by atoms with E-state index >= 15 is 0 Å². The Morgan fingerprint density at radius 3 is 2.62 bits per heavy atom. The summed E-state index contributed by atoms with van der Waals surface area (Å²) < 4.78 is 0. The van der Waals surface area contributed by atoms with Crippen LogP contribution in [0.4, 0.5) is 0 Å². The van der Waals surface area contributed by atoms with E-state index in [0.29, 0.717) is 18.8 Å². The van der Waals surface area contributed by atoms with Crippen molar-refractivity contribution in [2.75, 3.05) is 0 Å². The van der Waals surface area contributed by atoms with Crippen LogP contribution >= 0.6 is 0 Å². The third-order valence-corrected chi connectivity index (χ3v) is 3.21. The maximum Gasteiger partial charge on any atom is 0.189 e. The number of nitrogens with one attached hydrogen (secondary N) is 1. The van der Waals surface area contributed by atoms with Gasteiger partial charge in [-0.3, -0.25) is 9.97 Å². The molecular formula is C15H19N5O. The highest BCUT2D eigenvalue weighted by atomic mass is 16.4. The molecule has 2 heterocycles. The molecule has 0 aliphatic carbocycles. The third-order valence-electron chi connectivity index (χ3n) is 3.21. The number of aromatic nitrogens is 2. The van der Waals surface area contributed by atoms with Crippen LogP contribution in [-0.4, -0.2) is 21.0 Å². The van der Waals surface area contributed by atoms with Crippen LogP contribution in [0.15, 0.2) is 41.8 Å². The molecule has 110 valence electrons. The van der Waals surface area contributed by atoms with Crippen molar-refractivity contribution < 1.29 is 5.21 Å². The van der Waals surface area contributed by atoms with Crippen molar-refractivity contribution in [3.05, 3.63) is 59.2 Å². The van der Waals surface area contributed by atoms with E-state index in [2.05, 4.69) is 33.4 Å². The predicted molar refractivity (Wildman–Crippen MR) is 80.9 cm³/mol. The lowest BCUT2D eigenvalue weighted by atomic mass is 10.1. The Morgan fingerprint density at radius 2 is 1.90 bits per heavy atom. The summed E-state index contributed by atoms with van der Waals surface area (Å²) in [5.74, 6) is 0.0134.